The molecule has 3 fully saturated rings. The Labute approximate surface area is 168 Å². The van der Waals surface area contributed by atoms with Crippen LogP contribution in [0.15, 0.2) is 36.1 Å². The third kappa shape index (κ3) is 2.62. The minimum atomic E-state index is -0.782. The molecule has 5 rings (SSSR count). The Kier molecular flexibility index (Phi) is 4.03. The Balaban J connectivity index is 1.32. The first-order valence-electron chi connectivity index (χ1n) is 9.95. The Morgan fingerprint density at radius 3 is 2.76 bits per heavy atom. The number of nitrogens with zero attached hydrogens (tertiary/aromatic N) is 3. The molecule has 7 nitrogen and oxygen atoms in total. The molecule has 2 unspecified atom stereocenters. The number of piperidine rings is 1. The number of rotatable bonds is 3. The van der Waals surface area contributed by atoms with Crippen LogP contribution in [0.5, 0.6) is 0 Å². The van der Waals surface area contributed by atoms with Crippen molar-refractivity contribution in [2.24, 2.45) is 0 Å². The van der Waals surface area contributed by atoms with E-state index in [4.69, 9.17) is 4.74 Å². The van der Waals surface area contributed by atoms with Crippen LogP contribution in [0.25, 0.3) is 5.83 Å². The van der Waals surface area contributed by atoms with E-state index in [0.717, 1.165) is 13.1 Å². The molecular weight excluding hydrogens is 375 g/mol. The van der Waals surface area contributed by atoms with Crippen molar-refractivity contribution in [1.29, 1.82) is 0 Å². The van der Waals surface area contributed by atoms with Crippen molar-refractivity contribution in [2.75, 3.05) is 31.1 Å². The SMILES string of the molecule is C=C(F)c1ccnc(N2CC3C2CN3C(=O)C2=C(C)C(=O)OC23CCNCC3)c1. The maximum atomic E-state index is 13.4. The van der Waals surface area contributed by atoms with E-state index in [1.807, 2.05) is 4.90 Å². The Morgan fingerprint density at radius 2 is 2.10 bits per heavy atom. The number of esters is 1. The molecule has 1 amide bonds. The maximum Gasteiger partial charge on any atom is 0.335 e. The normalized spacial score (nSPS) is 27.3. The van der Waals surface area contributed by atoms with Gasteiger partial charge < -0.3 is 19.9 Å². The number of amides is 1. The number of pyridine rings is 1. The van der Waals surface area contributed by atoms with Gasteiger partial charge >= 0.3 is 5.97 Å². The van der Waals surface area contributed by atoms with Gasteiger partial charge in [0.25, 0.3) is 5.91 Å². The molecule has 1 spiro atoms. The zero-order valence-corrected chi connectivity index (χ0v) is 16.3. The van der Waals surface area contributed by atoms with Gasteiger partial charge in [-0.15, -0.1) is 0 Å². The molecule has 1 N–H and O–H groups in total. The van der Waals surface area contributed by atoms with Crippen molar-refractivity contribution in [3.63, 3.8) is 0 Å². The van der Waals surface area contributed by atoms with Crippen molar-refractivity contribution in [3.8, 4) is 0 Å². The molecule has 4 aliphatic heterocycles. The minimum absolute atomic E-state index is 0.0799. The van der Waals surface area contributed by atoms with E-state index < -0.39 is 11.4 Å². The first kappa shape index (κ1) is 18.3. The van der Waals surface area contributed by atoms with E-state index in [1.165, 1.54) is 0 Å². The van der Waals surface area contributed by atoms with Crippen molar-refractivity contribution >= 4 is 23.5 Å². The number of likely N-dealkylation sites (tertiary alicyclic amines) is 1. The first-order valence-corrected chi connectivity index (χ1v) is 9.95. The lowest BCUT2D eigenvalue weighted by Crippen LogP contribution is -2.80. The molecule has 29 heavy (non-hydrogen) atoms. The highest BCUT2D eigenvalue weighted by molar-refractivity contribution is 6.07. The molecule has 0 bridgehead atoms. The second-order valence-electron chi connectivity index (χ2n) is 8.19. The van der Waals surface area contributed by atoms with Crippen LogP contribution in [-0.4, -0.2) is 65.6 Å². The number of nitrogens with one attached hydrogen (secondary N) is 1. The molecule has 0 aromatic carbocycles. The van der Waals surface area contributed by atoms with Crippen LogP contribution in [0.1, 0.15) is 25.3 Å². The van der Waals surface area contributed by atoms with Gasteiger partial charge in [-0.3, -0.25) is 4.79 Å². The van der Waals surface area contributed by atoms with Crippen molar-refractivity contribution in [1.82, 2.24) is 15.2 Å². The van der Waals surface area contributed by atoms with Crippen LogP contribution >= 0.6 is 0 Å². The van der Waals surface area contributed by atoms with Crippen LogP contribution in [-0.2, 0) is 14.3 Å². The molecule has 5 heterocycles. The summed E-state index contributed by atoms with van der Waals surface area (Å²) in [7, 11) is 0. The number of aromatic nitrogens is 1. The summed E-state index contributed by atoms with van der Waals surface area (Å²) in [5, 5.41) is 3.26. The number of fused-ring (bicyclic) bond motifs is 1. The van der Waals surface area contributed by atoms with Crippen LogP contribution in [0, 0.1) is 0 Å². The van der Waals surface area contributed by atoms with Crippen molar-refractivity contribution < 1.29 is 18.7 Å². The van der Waals surface area contributed by atoms with Crippen LogP contribution in [0.2, 0.25) is 0 Å². The van der Waals surface area contributed by atoms with Crippen LogP contribution in [0.4, 0.5) is 10.2 Å². The average Bonchev–Trinajstić information content (AvgIpc) is 2.93. The molecule has 0 radical (unpaired) electrons. The summed E-state index contributed by atoms with van der Waals surface area (Å²) in [5.41, 5.74) is 0.609. The molecule has 1 aromatic heterocycles. The fraction of sp³-hybridized carbons (Fsp3) is 0.476. The molecular formula is C21H23FN4O3. The molecule has 2 atom stereocenters. The number of piperazine rings is 1. The number of halogens is 1. The summed E-state index contributed by atoms with van der Waals surface area (Å²) in [6.07, 6.45) is 2.81. The summed E-state index contributed by atoms with van der Waals surface area (Å²) in [6, 6.07) is 3.52. The second-order valence-corrected chi connectivity index (χ2v) is 8.19. The maximum absolute atomic E-state index is 13.4. The Bertz CT molecular complexity index is 953. The van der Waals surface area contributed by atoms with Gasteiger partial charge in [0.1, 0.15) is 17.2 Å². The smallest absolute Gasteiger partial charge is 0.335 e. The summed E-state index contributed by atoms with van der Waals surface area (Å²) >= 11 is 0. The zero-order valence-electron chi connectivity index (χ0n) is 16.3. The van der Waals surface area contributed by atoms with E-state index >= 15 is 0 Å². The second kappa shape index (κ2) is 6.38. The average molecular weight is 398 g/mol. The van der Waals surface area contributed by atoms with Crippen LogP contribution < -0.4 is 10.2 Å². The lowest BCUT2D eigenvalue weighted by atomic mass is 9.79. The number of anilines is 1. The number of hydrogen-bond acceptors (Lipinski definition) is 6. The van der Waals surface area contributed by atoms with E-state index in [9.17, 15) is 14.0 Å². The van der Waals surface area contributed by atoms with E-state index in [-0.39, 0.29) is 24.0 Å². The highest BCUT2D eigenvalue weighted by atomic mass is 19.1. The van der Waals surface area contributed by atoms with E-state index in [0.29, 0.717) is 48.5 Å². The van der Waals surface area contributed by atoms with E-state index in [1.54, 1.807) is 25.3 Å². The van der Waals surface area contributed by atoms with Gasteiger partial charge in [-0.25, -0.2) is 14.2 Å². The van der Waals surface area contributed by atoms with Gasteiger partial charge in [-0.2, -0.15) is 0 Å². The van der Waals surface area contributed by atoms with Gasteiger partial charge in [-0.1, -0.05) is 6.58 Å². The summed E-state index contributed by atoms with van der Waals surface area (Å²) in [5.74, 6) is -0.263. The van der Waals surface area contributed by atoms with Gasteiger partial charge in [0.05, 0.1) is 17.7 Å². The summed E-state index contributed by atoms with van der Waals surface area (Å²) < 4.78 is 19.1. The molecule has 4 aliphatic rings. The van der Waals surface area contributed by atoms with Gasteiger partial charge in [0.15, 0.2) is 0 Å². The third-order valence-electron chi connectivity index (χ3n) is 6.68. The zero-order chi connectivity index (χ0) is 20.3. The number of carbonyl (C=O) groups is 2. The van der Waals surface area contributed by atoms with E-state index in [2.05, 4.69) is 21.8 Å². The van der Waals surface area contributed by atoms with Gasteiger partial charge in [0, 0.05) is 43.3 Å². The number of hydrogen-bond donors (Lipinski definition) is 1. The fourth-order valence-electron chi connectivity index (χ4n) is 4.93. The quantitative estimate of drug-likeness (QED) is 0.777. The third-order valence-corrected chi connectivity index (χ3v) is 6.68. The first-order chi connectivity index (χ1) is 13.9. The summed E-state index contributed by atoms with van der Waals surface area (Å²) in [6.45, 7) is 7.67. The molecule has 8 heteroatoms. The minimum Gasteiger partial charge on any atom is -0.450 e. The number of carbonyl (C=O) groups excluding carboxylic acids is 2. The molecule has 0 aliphatic carbocycles. The Morgan fingerprint density at radius 1 is 1.34 bits per heavy atom. The predicted octanol–water partition coefficient (Wildman–Crippen LogP) is 1.42. The molecule has 0 saturated carbocycles. The largest absolute Gasteiger partial charge is 0.450 e. The lowest BCUT2D eigenvalue weighted by Gasteiger charge is -2.62. The molecule has 152 valence electrons. The van der Waals surface area contributed by atoms with Crippen molar-refractivity contribution in [2.45, 2.75) is 37.5 Å². The summed E-state index contributed by atoms with van der Waals surface area (Å²) in [4.78, 5) is 33.9. The number of ether oxygens (including phenoxy) is 1. The highest BCUT2D eigenvalue weighted by Gasteiger charge is 2.58. The molecule has 1 aromatic rings. The highest BCUT2D eigenvalue weighted by Crippen LogP contribution is 2.44. The Hall–Kier alpha value is -2.74. The monoisotopic (exact) mass is 398 g/mol. The topological polar surface area (TPSA) is 74.8 Å². The van der Waals surface area contributed by atoms with Gasteiger partial charge in [-0.05, 0) is 32.1 Å². The van der Waals surface area contributed by atoms with Crippen LogP contribution in [0.3, 0.4) is 0 Å². The molecule has 3 saturated heterocycles. The standard InChI is InChI=1S/C21H23FN4O3/c1-12-18(21(29-20(12)28)4-7-23-8-5-21)19(27)26-11-15-16(26)10-25(15)17-9-14(13(2)22)3-6-24-17/h3,6,9,15-16,23H,2,4-5,7-8,10-11H2,1H3. The fourth-order valence-corrected chi connectivity index (χ4v) is 4.93. The predicted molar refractivity (Wildman–Crippen MR) is 105 cm³/mol. The van der Waals surface area contributed by atoms with Gasteiger partial charge in [0.2, 0.25) is 0 Å². The van der Waals surface area contributed by atoms with Crippen molar-refractivity contribution in [3.05, 3.63) is 41.6 Å². The lowest BCUT2D eigenvalue weighted by molar-refractivity contribution is -0.151.